The van der Waals surface area contributed by atoms with Gasteiger partial charge >= 0.3 is 0 Å². The van der Waals surface area contributed by atoms with Gasteiger partial charge in [0.1, 0.15) is 0 Å². The summed E-state index contributed by atoms with van der Waals surface area (Å²) in [5.41, 5.74) is 7.29. The number of thiophene rings is 1. The zero-order valence-corrected chi connectivity index (χ0v) is 12.2. The van der Waals surface area contributed by atoms with E-state index in [4.69, 9.17) is 17.3 Å². The van der Waals surface area contributed by atoms with Gasteiger partial charge < -0.3 is 11.1 Å². The molecule has 1 atom stereocenters. The van der Waals surface area contributed by atoms with Crippen LogP contribution in [-0.2, 0) is 6.42 Å². The number of H-pyrrole nitrogens is 1. The third-order valence-electron chi connectivity index (χ3n) is 2.82. The van der Waals surface area contributed by atoms with Crippen LogP contribution in [-0.4, -0.2) is 16.1 Å². The minimum atomic E-state index is -0.287. The van der Waals surface area contributed by atoms with E-state index in [0.717, 1.165) is 10.6 Å². The summed E-state index contributed by atoms with van der Waals surface area (Å²) < 4.78 is 0.698. The van der Waals surface area contributed by atoms with Gasteiger partial charge in [-0.3, -0.25) is 9.89 Å². The maximum absolute atomic E-state index is 12.1. The molecule has 0 spiro atoms. The molecule has 102 valence electrons. The van der Waals surface area contributed by atoms with E-state index in [9.17, 15) is 4.79 Å². The zero-order chi connectivity index (χ0) is 14.0. The van der Waals surface area contributed by atoms with Crippen molar-refractivity contribution in [1.82, 2.24) is 15.5 Å². The first kappa shape index (κ1) is 13.9. The Labute approximate surface area is 120 Å². The average molecular weight is 299 g/mol. The van der Waals surface area contributed by atoms with E-state index >= 15 is 0 Å². The summed E-state index contributed by atoms with van der Waals surface area (Å²) in [6.45, 7) is 3.84. The second-order valence-corrected chi connectivity index (χ2v) is 5.90. The lowest BCUT2D eigenvalue weighted by atomic mass is 10.2. The number of nitrogen functional groups attached to an aromatic ring is 1. The van der Waals surface area contributed by atoms with Crippen LogP contribution in [0.5, 0.6) is 0 Å². The van der Waals surface area contributed by atoms with Gasteiger partial charge in [-0.25, -0.2) is 0 Å². The topological polar surface area (TPSA) is 83.8 Å². The molecular weight excluding hydrogens is 284 g/mol. The standard InChI is InChI=1S/C12H15ClN4OS/c1-3-7-10(14)11(17-16-7)12(18)15-6(2)8-4-5-9(13)19-8/h4-6H,3,14H2,1-2H3,(H,15,18)(H,16,17). The Kier molecular flexibility index (Phi) is 4.11. The minimum Gasteiger partial charge on any atom is -0.395 e. The number of carbonyl (C=O) groups is 1. The van der Waals surface area contributed by atoms with E-state index < -0.39 is 0 Å². The monoisotopic (exact) mass is 298 g/mol. The van der Waals surface area contributed by atoms with Crippen LogP contribution in [0.4, 0.5) is 5.69 Å². The summed E-state index contributed by atoms with van der Waals surface area (Å²) in [6, 6.07) is 3.57. The normalized spacial score (nSPS) is 12.4. The number of aryl methyl sites for hydroxylation is 1. The highest BCUT2D eigenvalue weighted by molar-refractivity contribution is 7.16. The number of aromatic nitrogens is 2. The highest BCUT2D eigenvalue weighted by Gasteiger charge is 2.19. The van der Waals surface area contributed by atoms with Crippen LogP contribution in [0.2, 0.25) is 4.34 Å². The molecule has 0 aromatic carbocycles. The summed E-state index contributed by atoms with van der Waals surface area (Å²) in [6.07, 6.45) is 0.711. The van der Waals surface area contributed by atoms with Crippen LogP contribution in [0, 0.1) is 0 Å². The minimum absolute atomic E-state index is 0.133. The summed E-state index contributed by atoms with van der Waals surface area (Å²) in [5, 5.41) is 9.58. The van der Waals surface area contributed by atoms with Gasteiger partial charge in [0.2, 0.25) is 0 Å². The molecule has 0 aliphatic rings. The second kappa shape index (κ2) is 5.63. The number of carbonyl (C=O) groups excluding carboxylic acids is 1. The predicted octanol–water partition coefficient (Wildman–Crippen LogP) is 2.76. The van der Waals surface area contributed by atoms with Crippen LogP contribution in [0.3, 0.4) is 0 Å². The van der Waals surface area contributed by atoms with Crippen LogP contribution in [0.15, 0.2) is 12.1 Å². The molecule has 0 aliphatic carbocycles. The van der Waals surface area contributed by atoms with Crippen LogP contribution >= 0.6 is 22.9 Å². The molecule has 0 bridgehead atoms. The molecule has 1 unspecified atom stereocenters. The van der Waals surface area contributed by atoms with Gasteiger partial charge in [0.25, 0.3) is 5.91 Å². The molecule has 0 saturated heterocycles. The Morgan fingerprint density at radius 3 is 2.89 bits per heavy atom. The van der Waals surface area contributed by atoms with E-state index in [2.05, 4.69) is 15.5 Å². The quantitative estimate of drug-likeness (QED) is 0.811. The molecule has 0 fully saturated rings. The first-order valence-corrected chi connectivity index (χ1v) is 7.11. The van der Waals surface area contributed by atoms with Gasteiger partial charge in [-0.05, 0) is 25.5 Å². The van der Waals surface area contributed by atoms with Crippen molar-refractivity contribution in [2.24, 2.45) is 0 Å². The number of hydrogen-bond acceptors (Lipinski definition) is 4. The van der Waals surface area contributed by atoms with E-state index in [0.29, 0.717) is 16.4 Å². The molecular formula is C12H15ClN4OS. The van der Waals surface area contributed by atoms with Crippen molar-refractivity contribution >= 4 is 34.5 Å². The molecule has 0 saturated carbocycles. The molecule has 4 N–H and O–H groups in total. The van der Waals surface area contributed by atoms with Crippen molar-refractivity contribution in [3.8, 4) is 0 Å². The first-order valence-electron chi connectivity index (χ1n) is 5.91. The molecule has 0 radical (unpaired) electrons. The molecule has 0 aliphatic heterocycles. The van der Waals surface area contributed by atoms with Crippen molar-refractivity contribution < 1.29 is 4.79 Å². The Morgan fingerprint density at radius 1 is 1.63 bits per heavy atom. The van der Waals surface area contributed by atoms with Crippen LogP contribution in [0.25, 0.3) is 0 Å². The molecule has 2 aromatic rings. The molecule has 1 amide bonds. The van der Waals surface area contributed by atoms with Crippen molar-refractivity contribution in [3.63, 3.8) is 0 Å². The number of nitrogens with two attached hydrogens (primary N) is 1. The highest BCUT2D eigenvalue weighted by atomic mass is 35.5. The van der Waals surface area contributed by atoms with Gasteiger partial charge in [-0.15, -0.1) is 11.3 Å². The summed E-state index contributed by atoms with van der Waals surface area (Å²) >= 11 is 7.31. The van der Waals surface area contributed by atoms with E-state index in [-0.39, 0.29) is 17.6 Å². The summed E-state index contributed by atoms with van der Waals surface area (Å²) in [7, 11) is 0. The summed E-state index contributed by atoms with van der Waals surface area (Å²) in [4.78, 5) is 13.1. The Bertz CT molecular complexity index is 592. The molecule has 2 rings (SSSR count). The summed E-state index contributed by atoms with van der Waals surface area (Å²) in [5.74, 6) is -0.287. The fraction of sp³-hybridized carbons (Fsp3) is 0.333. The number of aromatic amines is 1. The van der Waals surface area contributed by atoms with E-state index in [1.165, 1.54) is 11.3 Å². The van der Waals surface area contributed by atoms with Gasteiger partial charge in [0.05, 0.1) is 21.8 Å². The van der Waals surface area contributed by atoms with Gasteiger partial charge in [-0.1, -0.05) is 18.5 Å². The number of nitrogens with one attached hydrogen (secondary N) is 2. The molecule has 2 aromatic heterocycles. The lowest BCUT2D eigenvalue weighted by molar-refractivity contribution is 0.0936. The third-order valence-corrected chi connectivity index (χ3v) is 4.23. The Balaban J connectivity index is 2.10. The SMILES string of the molecule is CCc1[nH]nc(C(=O)NC(C)c2ccc(Cl)s2)c1N. The number of halogens is 1. The lowest BCUT2D eigenvalue weighted by Crippen LogP contribution is -2.27. The Morgan fingerprint density at radius 2 is 2.37 bits per heavy atom. The second-order valence-electron chi connectivity index (χ2n) is 4.16. The van der Waals surface area contributed by atoms with E-state index in [1.54, 1.807) is 0 Å². The molecule has 5 nitrogen and oxygen atoms in total. The van der Waals surface area contributed by atoms with E-state index in [1.807, 2.05) is 26.0 Å². The number of anilines is 1. The van der Waals surface area contributed by atoms with Gasteiger partial charge in [-0.2, -0.15) is 5.10 Å². The molecule has 7 heteroatoms. The van der Waals surface area contributed by atoms with Crippen LogP contribution < -0.4 is 11.1 Å². The fourth-order valence-corrected chi connectivity index (χ4v) is 2.79. The van der Waals surface area contributed by atoms with Crippen molar-refractivity contribution in [2.45, 2.75) is 26.3 Å². The first-order chi connectivity index (χ1) is 9.02. The number of hydrogen-bond donors (Lipinski definition) is 3. The third kappa shape index (κ3) is 2.90. The molecule has 2 heterocycles. The smallest absolute Gasteiger partial charge is 0.274 e. The number of amides is 1. The zero-order valence-electron chi connectivity index (χ0n) is 10.7. The number of nitrogens with zero attached hydrogens (tertiary/aromatic N) is 1. The maximum atomic E-state index is 12.1. The fourth-order valence-electron chi connectivity index (χ4n) is 1.73. The van der Waals surface area contributed by atoms with Gasteiger partial charge in [0, 0.05) is 4.88 Å². The predicted molar refractivity (Wildman–Crippen MR) is 77.6 cm³/mol. The highest BCUT2D eigenvalue weighted by Crippen LogP contribution is 2.27. The largest absolute Gasteiger partial charge is 0.395 e. The average Bonchev–Trinajstić information content (AvgIpc) is 2.95. The van der Waals surface area contributed by atoms with Crippen LogP contribution in [0.1, 0.15) is 40.9 Å². The maximum Gasteiger partial charge on any atom is 0.274 e. The van der Waals surface area contributed by atoms with Gasteiger partial charge in [0.15, 0.2) is 5.69 Å². The lowest BCUT2D eigenvalue weighted by Gasteiger charge is -2.11. The van der Waals surface area contributed by atoms with Crippen molar-refractivity contribution in [3.05, 3.63) is 32.7 Å². The van der Waals surface area contributed by atoms with Crippen molar-refractivity contribution in [2.75, 3.05) is 5.73 Å². The molecule has 19 heavy (non-hydrogen) atoms. The van der Waals surface area contributed by atoms with Crippen molar-refractivity contribution in [1.29, 1.82) is 0 Å². The number of rotatable bonds is 4. The Hall–Kier alpha value is -1.53.